The molecule has 0 spiro atoms. The van der Waals surface area contributed by atoms with Gasteiger partial charge in [0.1, 0.15) is 5.75 Å². The van der Waals surface area contributed by atoms with Gasteiger partial charge in [0.05, 0.1) is 11.8 Å². The number of ether oxygens (including phenoxy) is 1. The number of carbonyl (C=O) groups is 1. The highest BCUT2D eigenvalue weighted by molar-refractivity contribution is 5.92. The largest absolute Gasteiger partial charge is 0.489 e. The van der Waals surface area contributed by atoms with Gasteiger partial charge in [-0.2, -0.15) is 0 Å². The monoisotopic (exact) mass is 250 g/mol. The van der Waals surface area contributed by atoms with Crippen LogP contribution in [0.5, 0.6) is 5.75 Å². The van der Waals surface area contributed by atoms with Gasteiger partial charge in [-0.3, -0.25) is 4.79 Å². The lowest BCUT2D eigenvalue weighted by Crippen LogP contribution is -2.20. The molecule has 4 nitrogen and oxygen atoms in total. The minimum atomic E-state index is -0.0345. The first-order chi connectivity index (χ1) is 8.52. The molecule has 0 aliphatic heterocycles. The van der Waals surface area contributed by atoms with E-state index in [0.717, 1.165) is 0 Å². The highest BCUT2D eigenvalue weighted by Gasteiger charge is 2.11. The Morgan fingerprint density at radius 3 is 2.61 bits per heavy atom. The van der Waals surface area contributed by atoms with Gasteiger partial charge >= 0.3 is 0 Å². The lowest BCUT2D eigenvalue weighted by molar-refractivity contribution is -0.116. The Hall–Kier alpha value is -1.55. The summed E-state index contributed by atoms with van der Waals surface area (Å²) in [5.74, 6) is 0.845. The number of amides is 1. The minimum Gasteiger partial charge on any atom is -0.489 e. The van der Waals surface area contributed by atoms with Crippen LogP contribution in [0.3, 0.4) is 0 Å². The number of nitrogens with one attached hydrogen (secondary N) is 1. The van der Waals surface area contributed by atoms with E-state index in [2.05, 4.69) is 5.32 Å². The molecule has 1 amide bonds. The molecule has 4 heteroatoms. The van der Waals surface area contributed by atoms with Gasteiger partial charge in [0.15, 0.2) is 0 Å². The Labute approximate surface area is 109 Å². The molecule has 1 aromatic carbocycles. The molecule has 1 aromatic rings. The van der Waals surface area contributed by atoms with Crippen molar-refractivity contribution in [3.8, 4) is 5.75 Å². The molecule has 0 fully saturated rings. The average molecular weight is 250 g/mol. The molecular formula is C14H22N2O2. The van der Waals surface area contributed by atoms with Crippen LogP contribution in [0, 0.1) is 5.92 Å². The second-order valence-electron chi connectivity index (χ2n) is 4.76. The first kappa shape index (κ1) is 14.5. The number of hydrogen-bond donors (Lipinski definition) is 2. The molecule has 0 aliphatic carbocycles. The van der Waals surface area contributed by atoms with Gasteiger partial charge in [0.2, 0.25) is 5.91 Å². The Bertz CT molecular complexity index is 391. The van der Waals surface area contributed by atoms with Crippen molar-refractivity contribution in [3.05, 3.63) is 24.3 Å². The van der Waals surface area contributed by atoms with Crippen LogP contribution in [-0.2, 0) is 4.79 Å². The molecule has 0 bridgehead atoms. The third-order valence-corrected chi connectivity index (χ3v) is 2.46. The van der Waals surface area contributed by atoms with Crippen molar-refractivity contribution in [2.45, 2.75) is 33.3 Å². The second kappa shape index (κ2) is 7.01. The van der Waals surface area contributed by atoms with E-state index in [1.54, 1.807) is 0 Å². The zero-order valence-electron chi connectivity index (χ0n) is 11.3. The van der Waals surface area contributed by atoms with Crippen molar-refractivity contribution in [1.82, 2.24) is 0 Å². The van der Waals surface area contributed by atoms with Crippen molar-refractivity contribution < 1.29 is 9.53 Å². The second-order valence-corrected chi connectivity index (χ2v) is 4.76. The topological polar surface area (TPSA) is 64.4 Å². The Morgan fingerprint density at radius 2 is 2.00 bits per heavy atom. The standard InChI is InChI=1S/C14H22N2O2/c1-10(2)18-13-7-5-4-6-12(13)16-14(17)8-11(3)9-15/h4-7,10-11H,8-9,15H2,1-3H3,(H,16,17). The lowest BCUT2D eigenvalue weighted by atomic mass is 10.1. The summed E-state index contributed by atoms with van der Waals surface area (Å²) in [6.07, 6.45) is 0.498. The fourth-order valence-corrected chi connectivity index (χ4v) is 1.53. The third-order valence-electron chi connectivity index (χ3n) is 2.46. The first-order valence-electron chi connectivity index (χ1n) is 6.28. The predicted molar refractivity (Wildman–Crippen MR) is 73.7 cm³/mol. The van der Waals surface area contributed by atoms with Crippen molar-refractivity contribution in [2.75, 3.05) is 11.9 Å². The molecule has 1 atom stereocenters. The fraction of sp³-hybridized carbons (Fsp3) is 0.500. The van der Waals surface area contributed by atoms with Crippen molar-refractivity contribution >= 4 is 11.6 Å². The van der Waals surface area contributed by atoms with Crippen molar-refractivity contribution in [1.29, 1.82) is 0 Å². The predicted octanol–water partition coefficient (Wildman–Crippen LogP) is 2.40. The van der Waals surface area contributed by atoms with Gasteiger partial charge in [0, 0.05) is 6.42 Å². The molecule has 1 unspecified atom stereocenters. The summed E-state index contributed by atoms with van der Waals surface area (Å²) in [6, 6.07) is 7.44. The molecule has 18 heavy (non-hydrogen) atoms. The van der Waals surface area contributed by atoms with E-state index in [0.29, 0.717) is 24.4 Å². The summed E-state index contributed by atoms with van der Waals surface area (Å²) in [5.41, 5.74) is 6.21. The fourth-order valence-electron chi connectivity index (χ4n) is 1.53. The van der Waals surface area contributed by atoms with E-state index in [9.17, 15) is 4.79 Å². The average Bonchev–Trinajstić information content (AvgIpc) is 2.30. The van der Waals surface area contributed by atoms with Gasteiger partial charge in [-0.15, -0.1) is 0 Å². The van der Waals surface area contributed by atoms with E-state index in [1.807, 2.05) is 45.0 Å². The number of anilines is 1. The highest BCUT2D eigenvalue weighted by atomic mass is 16.5. The van der Waals surface area contributed by atoms with E-state index >= 15 is 0 Å². The van der Waals surface area contributed by atoms with Gasteiger partial charge in [-0.05, 0) is 38.4 Å². The smallest absolute Gasteiger partial charge is 0.224 e. The Morgan fingerprint density at radius 1 is 1.33 bits per heavy atom. The van der Waals surface area contributed by atoms with Crippen LogP contribution in [-0.4, -0.2) is 18.6 Å². The SMILES string of the molecule is CC(CN)CC(=O)Nc1ccccc1OC(C)C. The molecule has 0 heterocycles. The minimum absolute atomic E-state index is 0.0345. The Balaban J connectivity index is 2.68. The number of carbonyl (C=O) groups excluding carboxylic acids is 1. The maximum Gasteiger partial charge on any atom is 0.224 e. The van der Waals surface area contributed by atoms with Crippen LogP contribution in [0.1, 0.15) is 27.2 Å². The quantitative estimate of drug-likeness (QED) is 0.814. The van der Waals surface area contributed by atoms with Crippen LogP contribution in [0.25, 0.3) is 0 Å². The van der Waals surface area contributed by atoms with Crippen LogP contribution in [0.4, 0.5) is 5.69 Å². The van der Waals surface area contributed by atoms with Crippen LogP contribution in [0.2, 0.25) is 0 Å². The lowest BCUT2D eigenvalue weighted by Gasteiger charge is -2.15. The summed E-state index contributed by atoms with van der Waals surface area (Å²) in [4.78, 5) is 11.8. The number of benzene rings is 1. The van der Waals surface area contributed by atoms with Crippen LogP contribution in [0.15, 0.2) is 24.3 Å². The molecule has 0 radical (unpaired) electrons. The van der Waals surface area contributed by atoms with E-state index < -0.39 is 0 Å². The van der Waals surface area contributed by atoms with E-state index in [-0.39, 0.29) is 17.9 Å². The van der Waals surface area contributed by atoms with Gasteiger partial charge in [0.25, 0.3) is 0 Å². The number of para-hydroxylation sites is 2. The van der Waals surface area contributed by atoms with Gasteiger partial charge < -0.3 is 15.8 Å². The highest BCUT2D eigenvalue weighted by Crippen LogP contribution is 2.25. The van der Waals surface area contributed by atoms with Gasteiger partial charge in [-0.1, -0.05) is 19.1 Å². The van der Waals surface area contributed by atoms with Crippen molar-refractivity contribution in [2.24, 2.45) is 11.7 Å². The molecule has 100 valence electrons. The molecular weight excluding hydrogens is 228 g/mol. The summed E-state index contributed by atoms with van der Waals surface area (Å²) in [6.45, 7) is 6.37. The third kappa shape index (κ3) is 4.75. The number of rotatable bonds is 6. The maximum absolute atomic E-state index is 11.8. The number of hydrogen-bond acceptors (Lipinski definition) is 3. The van der Waals surface area contributed by atoms with Crippen LogP contribution < -0.4 is 15.8 Å². The summed E-state index contributed by atoms with van der Waals surface area (Å²) in [7, 11) is 0. The van der Waals surface area contributed by atoms with E-state index in [1.165, 1.54) is 0 Å². The molecule has 0 saturated carbocycles. The summed E-state index contributed by atoms with van der Waals surface area (Å²) < 4.78 is 5.64. The molecule has 0 aromatic heterocycles. The maximum atomic E-state index is 11.8. The number of nitrogens with two attached hydrogens (primary N) is 1. The van der Waals surface area contributed by atoms with Crippen LogP contribution >= 0.6 is 0 Å². The zero-order chi connectivity index (χ0) is 13.5. The van der Waals surface area contributed by atoms with Crippen molar-refractivity contribution in [3.63, 3.8) is 0 Å². The first-order valence-corrected chi connectivity index (χ1v) is 6.28. The molecule has 3 N–H and O–H groups in total. The zero-order valence-corrected chi connectivity index (χ0v) is 11.3. The molecule has 0 saturated heterocycles. The Kier molecular flexibility index (Phi) is 5.65. The molecule has 0 aliphatic rings. The van der Waals surface area contributed by atoms with E-state index in [4.69, 9.17) is 10.5 Å². The summed E-state index contributed by atoms with van der Waals surface area (Å²) in [5, 5.41) is 2.86. The molecule has 1 rings (SSSR count). The summed E-state index contributed by atoms with van der Waals surface area (Å²) >= 11 is 0. The van der Waals surface area contributed by atoms with Gasteiger partial charge in [-0.25, -0.2) is 0 Å². The normalized spacial score (nSPS) is 12.3.